The number of nitrogens with one attached hydrogen (secondary N) is 1. The van der Waals surface area contributed by atoms with Crippen LogP contribution in [-0.2, 0) is 0 Å². The van der Waals surface area contributed by atoms with Crippen molar-refractivity contribution in [2.24, 2.45) is 0 Å². The minimum absolute atomic E-state index is 0.0418. The molecule has 0 saturated carbocycles. The molecule has 35 heavy (non-hydrogen) atoms. The summed E-state index contributed by atoms with van der Waals surface area (Å²) in [5.74, 6) is 0.658. The molecule has 0 atom stereocenters. The number of hydrogen-bond acceptors (Lipinski definition) is 5. The molecule has 0 radical (unpaired) electrons. The Balaban J connectivity index is 1.76. The molecule has 0 aliphatic rings. The first-order chi connectivity index (χ1) is 16.6. The van der Waals surface area contributed by atoms with Crippen molar-refractivity contribution in [3.63, 3.8) is 0 Å². The second-order valence-electron chi connectivity index (χ2n) is 7.93. The second kappa shape index (κ2) is 9.95. The van der Waals surface area contributed by atoms with E-state index in [0.29, 0.717) is 39.8 Å². The topological polar surface area (TPSA) is 68.5 Å². The van der Waals surface area contributed by atoms with E-state index in [-0.39, 0.29) is 18.2 Å². The molecule has 2 aromatic heterocycles. The van der Waals surface area contributed by atoms with Crippen molar-refractivity contribution in [2.45, 2.75) is 32.9 Å². The molecule has 4 aromatic rings. The molecule has 0 aliphatic carbocycles. The number of aryl methyl sites for hydroxylation is 1. The van der Waals surface area contributed by atoms with E-state index in [4.69, 9.17) is 16.3 Å². The lowest BCUT2D eigenvalue weighted by atomic mass is 9.99. The largest absolute Gasteiger partial charge is 0.438 e. The van der Waals surface area contributed by atoms with Gasteiger partial charge in [0.25, 0.3) is 0 Å². The van der Waals surface area contributed by atoms with Gasteiger partial charge >= 0.3 is 6.18 Å². The molecule has 4 rings (SSSR count). The molecule has 0 aliphatic heterocycles. The zero-order valence-corrected chi connectivity index (χ0v) is 19.7. The van der Waals surface area contributed by atoms with Gasteiger partial charge in [0.15, 0.2) is 11.4 Å². The summed E-state index contributed by atoms with van der Waals surface area (Å²) < 4.78 is 45.5. The molecular weight excluding hydrogens is 481 g/mol. The average Bonchev–Trinajstić information content (AvgIpc) is 3.23. The zero-order chi connectivity index (χ0) is 25.2. The molecule has 2 aromatic carbocycles. The van der Waals surface area contributed by atoms with Crippen LogP contribution >= 0.6 is 11.6 Å². The van der Waals surface area contributed by atoms with Crippen LogP contribution in [0.5, 0.6) is 11.6 Å². The van der Waals surface area contributed by atoms with E-state index in [1.54, 1.807) is 49.5 Å². The Morgan fingerprint density at radius 1 is 1.14 bits per heavy atom. The highest BCUT2D eigenvalue weighted by Gasteiger charge is 2.26. The van der Waals surface area contributed by atoms with Crippen LogP contribution in [0.4, 0.5) is 18.9 Å². The number of aromatic nitrogens is 3. The molecule has 2 heterocycles. The second-order valence-corrected chi connectivity index (χ2v) is 8.37. The molecule has 1 N–H and O–H groups in total. The predicted octanol–water partition coefficient (Wildman–Crippen LogP) is 7.11. The number of carbonyl (C=O) groups is 1. The first-order valence-electron chi connectivity index (χ1n) is 10.9. The summed E-state index contributed by atoms with van der Waals surface area (Å²) >= 11 is 5.93. The number of hydrogen-bond donors (Lipinski definition) is 1. The van der Waals surface area contributed by atoms with E-state index in [2.05, 4.69) is 15.4 Å². The van der Waals surface area contributed by atoms with Crippen LogP contribution in [0.2, 0.25) is 5.02 Å². The summed E-state index contributed by atoms with van der Waals surface area (Å²) in [6.07, 6.45) is -3.32. The third-order valence-electron chi connectivity index (χ3n) is 5.35. The predicted molar refractivity (Wildman–Crippen MR) is 128 cm³/mol. The van der Waals surface area contributed by atoms with Gasteiger partial charge in [0, 0.05) is 35.2 Å². The van der Waals surface area contributed by atoms with Gasteiger partial charge < -0.3 is 10.1 Å². The fourth-order valence-corrected chi connectivity index (χ4v) is 3.74. The van der Waals surface area contributed by atoms with Crippen molar-refractivity contribution in [1.82, 2.24) is 14.6 Å². The number of ketones is 1. The number of Topliss-reactive ketones (excluding diaryl/α,β-unsaturated/α-hetero) is 1. The molecule has 0 bridgehead atoms. The molecule has 0 amide bonds. The Morgan fingerprint density at radius 3 is 2.54 bits per heavy atom. The molecule has 182 valence electrons. The summed E-state index contributed by atoms with van der Waals surface area (Å²) in [4.78, 5) is 16.5. The monoisotopic (exact) mass is 502 g/mol. The lowest BCUT2D eigenvalue weighted by Crippen LogP contribution is -2.15. The van der Waals surface area contributed by atoms with Gasteiger partial charge in [-0.2, -0.15) is 13.2 Å². The number of alkyl halides is 3. The first kappa shape index (κ1) is 24.5. The van der Waals surface area contributed by atoms with Crippen LogP contribution < -0.4 is 10.1 Å². The van der Waals surface area contributed by atoms with Crippen LogP contribution in [0.15, 0.2) is 54.7 Å². The minimum atomic E-state index is -4.30. The molecule has 0 fully saturated rings. The number of anilines is 1. The summed E-state index contributed by atoms with van der Waals surface area (Å²) in [7, 11) is 0. The number of rotatable bonds is 8. The SMILES string of the molecule is CCC(=O)c1ccc(-c2cnc3c(NCCC(F)(F)F)cc(Oc4ccc(Cl)cc4)nn23)cc1C. The van der Waals surface area contributed by atoms with Crippen LogP contribution in [0.3, 0.4) is 0 Å². The van der Waals surface area contributed by atoms with Crippen molar-refractivity contribution < 1.29 is 22.7 Å². The van der Waals surface area contributed by atoms with Crippen LogP contribution in [-0.4, -0.2) is 33.1 Å². The number of halogens is 4. The van der Waals surface area contributed by atoms with Gasteiger partial charge in [-0.15, -0.1) is 5.10 Å². The number of ether oxygens (including phenoxy) is 1. The third-order valence-corrected chi connectivity index (χ3v) is 5.60. The van der Waals surface area contributed by atoms with E-state index in [9.17, 15) is 18.0 Å². The number of nitrogens with zero attached hydrogens (tertiary/aromatic N) is 3. The van der Waals surface area contributed by atoms with Gasteiger partial charge in [0.1, 0.15) is 5.75 Å². The van der Waals surface area contributed by atoms with E-state index < -0.39 is 12.6 Å². The smallest absolute Gasteiger partial charge is 0.390 e. The van der Waals surface area contributed by atoms with Crippen LogP contribution in [0.1, 0.15) is 35.7 Å². The number of fused-ring (bicyclic) bond motifs is 1. The lowest BCUT2D eigenvalue weighted by Gasteiger charge is -2.13. The number of imidazole rings is 1. The molecule has 10 heteroatoms. The molecular formula is C25H22ClF3N4O2. The van der Waals surface area contributed by atoms with Gasteiger partial charge in [-0.05, 0) is 42.8 Å². The minimum Gasteiger partial charge on any atom is -0.438 e. The molecule has 0 saturated heterocycles. The van der Waals surface area contributed by atoms with Crippen molar-refractivity contribution in [2.75, 3.05) is 11.9 Å². The Hall–Kier alpha value is -3.59. The highest BCUT2D eigenvalue weighted by atomic mass is 35.5. The van der Waals surface area contributed by atoms with E-state index in [1.165, 1.54) is 10.6 Å². The van der Waals surface area contributed by atoms with Gasteiger partial charge in [-0.1, -0.05) is 30.7 Å². The van der Waals surface area contributed by atoms with Gasteiger partial charge in [-0.25, -0.2) is 9.50 Å². The fourth-order valence-electron chi connectivity index (χ4n) is 3.61. The van der Waals surface area contributed by atoms with Gasteiger partial charge in [0.05, 0.1) is 24.0 Å². The maximum atomic E-state index is 12.7. The highest BCUT2D eigenvalue weighted by molar-refractivity contribution is 6.30. The Kier molecular flexibility index (Phi) is 6.98. The van der Waals surface area contributed by atoms with Crippen molar-refractivity contribution >= 4 is 28.7 Å². The zero-order valence-electron chi connectivity index (χ0n) is 19.0. The molecule has 6 nitrogen and oxygen atoms in total. The Morgan fingerprint density at radius 2 is 1.89 bits per heavy atom. The van der Waals surface area contributed by atoms with Crippen molar-refractivity contribution in [3.05, 3.63) is 70.9 Å². The lowest BCUT2D eigenvalue weighted by molar-refractivity contribution is -0.131. The normalized spacial score (nSPS) is 11.6. The van der Waals surface area contributed by atoms with Crippen molar-refractivity contribution in [3.8, 4) is 22.9 Å². The third kappa shape index (κ3) is 5.74. The van der Waals surface area contributed by atoms with E-state index >= 15 is 0 Å². The average molecular weight is 503 g/mol. The quantitative estimate of drug-likeness (QED) is 0.260. The van der Waals surface area contributed by atoms with Gasteiger partial charge in [0.2, 0.25) is 5.88 Å². The maximum Gasteiger partial charge on any atom is 0.390 e. The van der Waals surface area contributed by atoms with E-state index in [0.717, 1.165) is 11.1 Å². The van der Waals surface area contributed by atoms with Crippen molar-refractivity contribution in [1.29, 1.82) is 0 Å². The highest BCUT2D eigenvalue weighted by Crippen LogP contribution is 2.31. The Labute approximate surface area is 204 Å². The summed E-state index contributed by atoms with van der Waals surface area (Å²) in [5, 5.41) is 7.85. The summed E-state index contributed by atoms with van der Waals surface area (Å²) in [6.45, 7) is 3.32. The van der Waals surface area contributed by atoms with Crippen LogP contribution in [0, 0.1) is 6.92 Å². The van der Waals surface area contributed by atoms with E-state index in [1.807, 2.05) is 13.0 Å². The summed E-state index contributed by atoms with van der Waals surface area (Å²) in [6, 6.07) is 13.5. The maximum absolute atomic E-state index is 12.7. The number of benzene rings is 2. The molecule has 0 spiro atoms. The molecule has 0 unspecified atom stereocenters. The van der Waals surface area contributed by atoms with Crippen LogP contribution in [0.25, 0.3) is 16.9 Å². The summed E-state index contributed by atoms with van der Waals surface area (Å²) in [5.41, 5.74) is 3.48. The standard InChI is InChI=1S/C25H22ClF3N4O2/c1-3-22(34)19-9-4-16(12-15(19)2)21-14-31-24-20(30-11-10-25(27,28)29)13-23(32-33(21)24)35-18-7-5-17(26)6-8-18/h4-9,12-14,30H,3,10-11H2,1-2H3. The number of carbonyl (C=O) groups excluding carboxylic acids is 1. The fraction of sp³-hybridized carbons (Fsp3) is 0.240. The Bertz CT molecular complexity index is 1370. The first-order valence-corrected chi connectivity index (χ1v) is 11.3. The van der Waals surface area contributed by atoms with Gasteiger partial charge in [-0.3, -0.25) is 4.79 Å².